The van der Waals surface area contributed by atoms with E-state index in [1.165, 1.54) is 16.5 Å². The van der Waals surface area contributed by atoms with Crippen molar-refractivity contribution in [2.75, 3.05) is 13.6 Å². The van der Waals surface area contributed by atoms with Crippen LogP contribution >= 0.6 is 0 Å². The first kappa shape index (κ1) is 16.2. The van der Waals surface area contributed by atoms with Crippen LogP contribution in [0.1, 0.15) is 30.8 Å². The summed E-state index contributed by atoms with van der Waals surface area (Å²) in [5.41, 5.74) is 4.37. The van der Waals surface area contributed by atoms with Gasteiger partial charge in [0.25, 0.3) is 5.89 Å². The third-order valence-electron chi connectivity index (χ3n) is 4.31. The number of nitrogens with one attached hydrogen (secondary N) is 1. The van der Waals surface area contributed by atoms with E-state index in [-0.39, 0.29) is 5.91 Å². The van der Waals surface area contributed by atoms with Gasteiger partial charge >= 0.3 is 0 Å². The molecule has 0 fully saturated rings. The first-order valence-corrected chi connectivity index (χ1v) is 8.15. The number of nitrogens with zero attached hydrogens (tertiary/aromatic N) is 3. The molecule has 0 aliphatic rings. The molecule has 1 N–H and O–H groups in total. The van der Waals surface area contributed by atoms with Crippen molar-refractivity contribution in [2.24, 2.45) is 0 Å². The van der Waals surface area contributed by atoms with E-state index in [9.17, 15) is 4.79 Å². The normalized spacial score (nSPS) is 11.2. The largest absolute Gasteiger partial charge is 0.350 e. The van der Waals surface area contributed by atoms with E-state index >= 15 is 0 Å². The summed E-state index contributed by atoms with van der Waals surface area (Å²) in [5, 5.41) is 5.24. The highest BCUT2D eigenvalue weighted by Gasteiger charge is 2.18. The first-order chi connectivity index (χ1) is 11.5. The van der Waals surface area contributed by atoms with Gasteiger partial charge in [-0.1, -0.05) is 23.7 Å². The molecular formula is C18H22N4O2. The average molecular weight is 326 g/mol. The summed E-state index contributed by atoms with van der Waals surface area (Å²) in [6.07, 6.45) is 1.45. The predicted molar refractivity (Wildman–Crippen MR) is 92.7 cm³/mol. The van der Waals surface area contributed by atoms with Gasteiger partial charge in [-0.25, -0.2) is 0 Å². The second kappa shape index (κ2) is 6.47. The van der Waals surface area contributed by atoms with Crippen molar-refractivity contribution in [1.29, 1.82) is 0 Å². The van der Waals surface area contributed by atoms with Gasteiger partial charge in [0.15, 0.2) is 5.82 Å². The lowest BCUT2D eigenvalue weighted by molar-refractivity contribution is -0.127. The Morgan fingerprint density at radius 3 is 2.88 bits per heavy atom. The van der Waals surface area contributed by atoms with Gasteiger partial charge in [0.1, 0.15) is 5.69 Å². The van der Waals surface area contributed by atoms with Crippen LogP contribution in [-0.4, -0.2) is 39.5 Å². The Morgan fingerprint density at radius 1 is 1.38 bits per heavy atom. The lowest BCUT2D eigenvalue weighted by Gasteiger charge is -2.12. The van der Waals surface area contributed by atoms with Gasteiger partial charge in [-0.2, -0.15) is 4.98 Å². The van der Waals surface area contributed by atoms with E-state index in [0.717, 1.165) is 17.6 Å². The number of benzene rings is 1. The molecule has 6 nitrogen and oxygen atoms in total. The number of aromatic amines is 1. The Kier molecular flexibility index (Phi) is 4.38. The van der Waals surface area contributed by atoms with E-state index in [1.54, 1.807) is 18.9 Å². The minimum Gasteiger partial charge on any atom is -0.350 e. The van der Waals surface area contributed by atoms with Gasteiger partial charge in [0.2, 0.25) is 5.91 Å². The van der Waals surface area contributed by atoms with Crippen molar-refractivity contribution < 1.29 is 9.32 Å². The van der Waals surface area contributed by atoms with E-state index < -0.39 is 0 Å². The molecule has 0 atom stereocenters. The molecule has 0 aliphatic carbocycles. The third kappa shape index (κ3) is 3.04. The number of likely N-dealkylation sites (N-methyl/N-ethyl adjacent to an activating group) is 1. The maximum absolute atomic E-state index is 11.3. The monoisotopic (exact) mass is 326 g/mol. The van der Waals surface area contributed by atoms with Crippen LogP contribution in [-0.2, 0) is 17.6 Å². The SMILES string of the molecule is CCc1c(-c2nc(CCN(C)C(C)=O)no2)[nH]c2ccc(C)cc12. The van der Waals surface area contributed by atoms with Gasteiger partial charge in [0, 0.05) is 37.8 Å². The fraction of sp³-hybridized carbons (Fsp3) is 0.389. The Morgan fingerprint density at radius 2 is 2.17 bits per heavy atom. The van der Waals surface area contributed by atoms with Crippen molar-refractivity contribution >= 4 is 16.8 Å². The van der Waals surface area contributed by atoms with Crippen LogP contribution in [0, 0.1) is 6.92 Å². The van der Waals surface area contributed by atoms with Gasteiger partial charge < -0.3 is 14.4 Å². The van der Waals surface area contributed by atoms with Gasteiger partial charge in [-0.15, -0.1) is 0 Å². The summed E-state index contributed by atoms with van der Waals surface area (Å²) in [6.45, 7) is 6.32. The molecule has 0 bridgehead atoms. The maximum atomic E-state index is 11.3. The first-order valence-electron chi connectivity index (χ1n) is 8.15. The van der Waals surface area contributed by atoms with Crippen LogP contribution in [0.4, 0.5) is 0 Å². The van der Waals surface area contributed by atoms with Crippen LogP contribution in [0.2, 0.25) is 0 Å². The maximum Gasteiger partial charge on any atom is 0.274 e. The molecule has 0 unspecified atom stereocenters. The number of carbonyl (C=O) groups is 1. The summed E-state index contributed by atoms with van der Waals surface area (Å²) in [5.74, 6) is 1.13. The van der Waals surface area contributed by atoms with Crippen molar-refractivity contribution in [3.05, 3.63) is 35.2 Å². The van der Waals surface area contributed by atoms with Gasteiger partial charge in [0.05, 0.1) is 0 Å². The topological polar surface area (TPSA) is 75.0 Å². The van der Waals surface area contributed by atoms with Gasteiger partial charge in [-0.05, 0) is 31.0 Å². The highest BCUT2D eigenvalue weighted by molar-refractivity contribution is 5.90. The van der Waals surface area contributed by atoms with Crippen LogP contribution < -0.4 is 0 Å². The molecule has 0 saturated heterocycles. The summed E-state index contributed by atoms with van der Waals surface area (Å²) >= 11 is 0. The zero-order chi connectivity index (χ0) is 17.3. The molecule has 0 radical (unpaired) electrons. The Hall–Kier alpha value is -2.63. The standard InChI is InChI=1S/C18H22N4O2/c1-5-13-14-10-11(2)6-7-15(14)19-17(13)18-20-16(21-24-18)8-9-22(4)12(3)23/h6-7,10,19H,5,8-9H2,1-4H3. The summed E-state index contributed by atoms with van der Waals surface area (Å²) in [6, 6.07) is 6.33. The van der Waals surface area contributed by atoms with Crippen molar-refractivity contribution in [2.45, 2.75) is 33.6 Å². The lowest BCUT2D eigenvalue weighted by atomic mass is 10.1. The van der Waals surface area contributed by atoms with E-state index in [1.807, 2.05) is 0 Å². The minimum atomic E-state index is 0.0259. The molecular weight excluding hydrogens is 304 g/mol. The zero-order valence-corrected chi connectivity index (χ0v) is 14.5. The lowest BCUT2D eigenvalue weighted by Crippen LogP contribution is -2.26. The fourth-order valence-electron chi connectivity index (χ4n) is 2.79. The third-order valence-corrected chi connectivity index (χ3v) is 4.31. The molecule has 0 spiro atoms. The minimum absolute atomic E-state index is 0.0259. The predicted octanol–water partition coefficient (Wildman–Crippen LogP) is 3.11. The highest BCUT2D eigenvalue weighted by Crippen LogP contribution is 2.30. The number of H-pyrrole nitrogens is 1. The number of hydrogen-bond acceptors (Lipinski definition) is 4. The summed E-state index contributed by atoms with van der Waals surface area (Å²) in [4.78, 5) is 20.8. The molecule has 6 heteroatoms. The molecule has 2 aromatic heterocycles. The average Bonchev–Trinajstić information content (AvgIpc) is 3.15. The van der Waals surface area contributed by atoms with Crippen molar-refractivity contribution in [3.63, 3.8) is 0 Å². The molecule has 126 valence electrons. The molecule has 0 saturated carbocycles. The molecule has 0 aliphatic heterocycles. The second-order valence-corrected chi connectivity index (χ2v) is 6.09. The highest BCUT2D eigenvalue weighted by atomic mass is 16.5. The summed E-state index contributed by atoms with van der Waals surface area (Å²) in [7, 11) is 1.76. The Balaban J connectivity index is 1.90. The number of aromatic nitrogens is 3. The molecule has 1 amide bonds. The number of amides is 1. The smallest absolute Gasteiger partial charge is 0.274 e. The number of aryl methyl sites for hydroxylation is 2. The van der Waals surface area contributed by atoms with Crippen LogP contribution in [0.25, 0.3) is 22.5 Å². The Labute approximate surface area is 140 Å². The quantitative estimate of drug-likeness (QED) is 0.782. The van der Waals surface area contributed by atoms with E-state index in [4.69, 9.17) is 4.52 Å². The van der Waals surface area contributed by atoms with Crippen LogP contribution in [0.5, 0.6) is 0 Å². The number of fused-ring (bicyclic) bond motifs is 1. The molecule has 24 heavy (non-hydrogen) atoms. The number of hydrogen-bond donors (Lipinski definition) is 1. The fourth-order valence-corrected chi connectivity index (χ4v) is 2.79. The second-order valence-electron chi connectivity index (χ2n) is 6.09. The number of rotatable bonds is 5. The van der Waals surface area contributed by atoms with Crippen molar-refractivity contribution in [3.8, 4) is 11.6 Å². The molecule has 3 rings (SSSR count). The van der Waals surface area contributed by atoms with Crippen molar-refractivity contribution in [1.82, 2.24) is 20.0 Å². The molecule has 3 aromatic rings. The van der Waals surface area contributed by atoms with E-state index in [2.05, 4.69) is 47.2 Å². The van der Waals surface area contributed by atoms with Crippen LogP contribution in [0.15, 0.2) is 22.7 Å². The van der Waals surface area contributed by atoms with Gasteiger partial charge in [-0.3, -0.25) is 4.79 Å². The Bertz CT molecular complexity index is 878. The van der Waals surface area contributed by atoms with E-state index in [0.29, 0.717) is 24.7 Å². The van der Waals surface area contributed by atoms with Crippen LogP contribution in [0.3, 0.4) is 0 Å². The number of carbonyl (C=O) groups excluding carboxylic acids is 1. The molecule has 2 heterocycles. The molecule has 1 aromatic carbocycles. The zero-order valence-electron chi connectivity index (χ0n) is 14.5. The summed E-state index contributed by atoms with van der Waals surface area (Å²) < 4.78 is 5.45.